The van der Waals surface area contributed by atoms with Crippen LogP contribution in [0.3, 0.4) is 0 Å². The highest BCUT2D eigenvalue weighted by Gasteiger charge is 2.32. The Balaban J connectivity index is 3.70. The van der Waals surface area contributed by atoms with Gasteiger partial charge in [-0.3, -0.25) is 0 Å². The molecular formula is C34H70O6. The van der Waals surface area contributed by atoms with Crippen LogP contribution in [0, 0.1) is 5.92 Å². The van der Waals surface area contributed by atoms with Gasteiger partial charge in [0.05, 0.1) is 0 Å². The van der Waals surface area contributed by atoms with Crippen molar-refractivity contribution in [1.82, 2.24) is 0 Å². The Labute approximate surface area is 249 Å². The van der Waals surface area contributed by atoms with Crippen LogP contribution in [0.1, 0.15) is 164 Å². The van der Waals surface area contributed by atoms with Crippen molar-refractivity contribution in [3.05, 3.63) is 0 Å². The summed E-state index contributed by atoms with van der Waals surface area (Å²) in [6, 6.07) is 0. The first-order valence-electron chi connectivity index (χ1n) is 17.3. The highest BCUT2D eigenvalue weighted by molar-refractivity contribution is 4.61. The zero-order valence-corrected chi connectivity index (χ0v) is 28.0. The standard InChI is InChI=1S/C34H70O6/c1-8-35-33(36-9-2,37-10-3)30-26-22-18-14-16-20-24-28-32(7)29-25-21-17-15-19-23-27-31-34(38-11-4,39-12-5)40-13-6/h32H,8-31H2,1-7H3. The maximum Gasteiger partial charge on any atom is 0.282 e. The minimum absolute atomic E-state index is 0.611. The molecule has 0 bridgehead atoms. The molecule has 0 heterocycles. The SMILES string of the molecule is CCOC(CCCCCCCCCC(C)CCCCCCCCCC(OCC)(OCC)OCC)(OCC)OCC. The lowest BCUT2D eigenvalue weighted by Crippen LogP contribution is -2.39. The van der Waals surface area contributed by atoms with E-state index >= 15 is 0 Å². The summed E-state index contributed by atoms with van der Waals surface area (Å²) in [4.78, 5) is 0. The zero-order valence-electron chi connectivity index (χ0n) is 28.0. The van der Waals surface area contributed by atoms with Gasteiger partial charge in [-0.05, 0) is 60.3 Å². The van der Waals surface area contributed by atoms with Crippen molar-refractivity contribution in [3.8, 4) is 0 Å². The lowest BCUT2D eigenvalue weighted by Gasteiger charge is -2.32. The van der Waals surface area contributed by atoms with E-state index in [0.717, 1.165) is 31.6 Å². The van der Waals surface area contributed by atoms with E-state index in [1.807, 2.05) is 41.5 Å². The molecule has 0 aliphatic heterocycles. The second kappa shape index (κ2) is 27.6. The van der Waals surface area contributed by atoms with Gasteiger partial charge in [-0.25, -0.2) is 0 Å². The summed E-state index contributed by atoms with van der Waals surface area (Å²) in [5.41, 5.74) is 0. The van der Waals surface area contributed by atoms with Gasteiger partial charge in [0, 0.05) is 52.5 Å². The van der Waals surface area contributed by atoms with Crippen molar-refractivity contribution in [2.24, 2.45) is 5.92 Å². The van der Waals surface area contributed by atoms with E-state index in [0.29, 0.717) is 39.6 Å². The van der Waals surface area contributed by atoms with E-state index in [4.69, 9.17) is 28.4 Å². The Morgan fingerprint density at radius 2 is 0.575 bits per heavy atom. The molecule has 6 nitrogen and oxygen atoms in total. The molecule has 0 aromatic rings. The van der Waals surface area contributed by atoms with Gasteiger partial charge in [-0.1, -0.05) is 96.8 Å². The molecule has 0 aromatic carbocycles. The van der Waals surface area contributed by atoms with Crippen LogP contribution < -0.4 is 0 Å². The van der Waals surface area contributed by atoms with E-state index in [9.17, 15) is 0 Å². The summed E-state index contributed by atoms with van der Waals surface area (Å²) in [5.74, 6) is -0.799. The van der Waals surface area contributed by atoms with Gasteiger partial charge >= 0.3 is 0 Å². The average molecular weight is 575 g/mol. The molecule has 242 valence electrons. The molecule has 0 aliphatic carbocycles. The summed E-state index contributed by atoms with van der Waals surface area (Å²) in [5, 5.41) is 0. The predicted molar refractivity (Wildman–Crippen MR) is 167 cm³/mol. The largest absolute Gasteiger partial charge is 0.328 e. The van der Waals surface area contributed by atoms with E-state index < -0.39 is 11.9 Å². The van der Waals surface area contributed by atoms with Crippen LogP contribution in [0.2, 0.25) is 0 Å². The van der Waals surface area contributed by atoms with Crippen LogP contribution >= 0.6 is 0 Å². The van der Waals surface area contributed by atoms with Crippen LogP contribution in [0.15, 0.2) is 0 Å². The topological polar surface area (TPSA) is 55.4 Å². The zero-order chi connectivity index (χ0) is 29.8. The van der Waals surface area contributed by atoms with Gasteiger partial charge in [0.25, 0.3) is 11.9 Å². The minimum atomic E-state index is -0.834. The van der Waals surface area contributed by atoms with Gasteiger partial charge in [-0.2, -0.15) is 0 Å². The molecule has 0 amide bonds. The van der Waals surface area contributed by atoms with Crippen molar-refractivity contribution >= 4 is 0 Å². The van der Waals surface area contributed by atoms with Crippen molar-refractivity contribution in [2.75, 3.05) is 39.6 Å². The number of hydrogen-bond donors (Lipinski definition) is 0. The number of rotatable bonds is 32. The molecule has 0 fully saturated rings. The van der Waals surface area contributed by atoms with Gasteiger partial charge in [0.2, 0.25) is 0 Å². The first-order chi connectivity index (χ1) is 19.5. The molecule has 0 aromatic heterocycles. The van der Waals surface area contributed by atoms with E-state index in [2.05, 4.69) is 6.92 Å². The molecule has 0 aliphatic rings. The highest BCUT2D eigenvalue weighted by Crippen LogP contribution is 2.26. The molecule has 0 saturated heterocycles. The third kappa shape index (κ3) is 20.6. The Bertz CT molecular complexity index is 437. The first-order valence-corrected chi connectivity index (χ1v) is 17.3. The lowest BCUT2D eigenvalue weighted by atomic mass is 9.95. The highest BCUT2D eigenvalue weighted by atomic mass is 16.9. The van der Waals surface area contributed by atoms with Crippen LogP contribution in [-0.4, -0.2) is 51.6 Å². The summed E-state index contributed by atoms with van der Waals surface area (Å²) >= 11 is 0. The van der Waals surface area contributed by atoms with Crippen LogP contribution in [-0.2, 0) is 28.4 Å². The van der Waals surface area contributed by atoms with Crippen LogP contribution in [0.5, 0.6) is 0 Å². The van der Waals surface area contributed by atoms with Gasteiger partial charge < -0.3 is 28.4 Å². The quantitative estimate of drug-likeness (QED) is 0.0588. The monoisotopic (exact) mass is 575 g/mol. The first kappa shape index (κ1) is 39.8. The Morgan fingerprint density at radius 3 is 0.825 bits per heavy atom. The molecule has 0 atom stereocenters. The molecule has 0 saturated carbocycles. The summed E-state index contributed by atoms with van der Waals surface area (Å²) in [7, 11) is 0. The van der Waals surface area contributed by atoms with E-state index in [1.54, 1.807) is 0 Å². The third-order valence-corrected chi connectivity index (χ3v) is 7.55. The Hall–Kier alpha value is -0.240. The molecule has 6 heteroatoms. The van der Waals surface area contributed by atoms with Crippen molar-refractivity contribution in [1.29, 1.82) is 0 Å². The number of unbranched alkanes of at least 4 members (excludes halogenated alkanes) is 12. The smallest absolute Gasteiger partial charge is 0.282 e. The molecule has 0 N–H and O–H groups in total. The maximum atomic E-state index is 5.83. The average Bonchev–Trinajstić information content (AvgIpc) is 2.92. The fraction of sp³-hybridized carbons (Fsp3) is 1.00. The summed E-state index contributed by atoms with van der Waals surface area (Å²) in [6.07, 6.45) is 22.6. The van der Waals surface area contributed by atoms with Gasteiger partial charge in [0.15, 0.2) is 0 Å². The summed E-state index contributed by atoms with van der Waals surface area (Å²) in [6.45, 7) is 18.1. The van der Waals surface area contributed by atoms with Gasteiger partial charge in [0.1, 0.15) is 0 Å². The minimum Gasteiger partial charge on any atom is -0.328 e. The van der Waals surface area contributed by atoms with Crippen molar-refractivity contribution in [2.45, 2.75) is 176 Å². The molecule has 0 spiro atoms. The second-order valence-electron chi connectivity index (χ2n) is 11.1. The number of ether oxygens (including phenoxy) is 6. The fourth-order valence-electron chi connectivity index (χ4n) is 5.58. The second-order valence-corrected chi connectivity index (χ2v) is 11.1. The van der Waals surface area contributed by atoms with Gasteiger partial charge in [-0.15, -0.1) is 0 Å². The van der Waals surface area contributed by atoms with Crippen LogP contribution in [0.25, 0.3) is 0 Å². The molecule has 0 radical (unpaired) electrons. The normalized spacial score (nSPS) is 12.6. The van der Waals surface area contributed by atoms with Crippen LogP contribution in [0.4, 0.5) is 0 Å². The molecular weight excluding hydrogens is 504 g/mol. The predicted octanol–water partition coefficient (Wildman–Crippen LogP) is 10.2. The Kier molecular flexibility index (Phi) is 27.4. The number of hydrogen-bond acceptors (Lipinski definition) is 6. The Morgan fingerprint density at radius 1 is 0.350 bits per heavy atom. The maximum absolute atomic E-state index is 5.83. The summed E-state index contributed by atoms with van der Waals surface area (Å²) < 4.78 is 35.0. The molecule has 0 rings (SSSR count). The fourth-order valence-corrected chi connectivity index (χ4v) is 5.58. The van der Waals surface area contributed by atoms with Crippen molar-refractivity contribution in [3.63, 3.8) is 0 Å². The van der Waals surface area contributed by atoms with E-state index in [1.165, 1.54) is 89.9 Å². The van der Waals surface area contributed by atoms with Crippen molar-refractivity contribution < 1.29 is 28.4 Å². The third-order valence-electron chi connectivity index (χ3n) is 7.55. The molecule has 40 heavy (non-hydrogen) atoms. The van der Waals surface area contributed by atoms with E-state index in [-0.39, 0.29) is 0 Å². The molecule has 0 unspecified atom stereocenters. The lowest BCUT2D eigenvalue weighted by molar-refractivity contribution is -0.380.